The molecule has 6 nitrogen and oxygen atoms in total. The molecule has 0 bridgehead atoms. The van der Waals surface area contributed by atoms with E-state index in [-0.39, 0.29) is 30.0 Å². The first-order chi connectivity index (χ1) is 9.16. The number of carbonyl (C=O) groups excluding carboxylic acids is 2. The number of nitrogens with zero attached hydrogens (tertiary/aromatic N) is 1. The maximum atomic E-state index is 11.9. The van der Waals surface area contributed by atoms with Crippen LogP contribution in [-0.4, -0.2) is 48.9 Å². The third-order valence-corrected chi connectivity index (χ3v) is 3.09. The number of carbonyl (C=O) groups is 2. The molecular formula is C13H20ClN3O3. The highest BCUT2D eigenvalue weighted by atomic mass is 35.5. The second kappa shape index (κ2) is 7.91. The molecule has 1 aliphatic rings. The molecular weight excluding hydrogens is 282 g/mol. The lowest BCUT2D eigenvalue weighted by molar-refractivity contribution is -0.132. The number of nitrogens with one attached hydrogen (secondary N) is 2. The van der Waals surface area contributed by atoms with Crippen molar-refractivity contribution in [2.45, 2.75) is 19.4 Å². The van der Waals surface area contributed by atoms with Gasteiger partial charge in [-0.3, -0.25) is 9.59 Å². The first-order valence-corrected chi connectivity index (χ1v) is 6.49. The van der Waals surface area contributed by atoms with Crippen LogP contribution in [0.5, 0.6) is 0 Å². The monoisotopic (exact) mass is 301 g/mol. The second-order valence-corrected chi connectivity index (χ2v) is 4.68. The Kier molecular flexibility index (Phi) is 6.54. The molecule has 0 aromatic carbocycles. The van der Waals surface area contributed by atoms with Crippen LogP contribution >= 0.6 is 12.4 Å². The summed E-state index contributed by atoms with van der Waals surface area (Å²) in [5.41, 5.74) is 0. The van der Waals surface area contributed by atoms with Gasteiger partial charge in [-0.1, -0.05) is 0 Å². The molecule has 0 aliphatic carbocycles. The summed E-state index contributed by atoms with van der Waals surface area (Å²) in [4.78, 5) is 25.3. The summed E-state index contributed by atoms with van der Waals surface area (Å²) in [6.07, 6.45) is 1.77. The van der Waals surface area contributed by atoms with Crippen molar-refractivity contribution in [2.24, 2.45) is 0 Å². The topological polar surface area (TPSA) is 74.6 Å². The Balaban J connectivity index is 0.00000200. The molecule has 1 aromatic rings. The fourth-order valence-electron chi connectivity index (χ4n) is 2.09. The average Bonchev–Trinajstić information content (AvgIpc) is 2.92. The van der Waals surface area contributed by atoms with Crippen LogP contribution in [0.15, 0.2) is 22.8 Å². The minimum Gasteiger partial charge on any atom is -0.459 e. The van der Waals surface area contributed by atoms with Crippen LogP contribution in [0.25, 0.3) is 0 Å². The number of piperazine rings is 1. The summed E-state index contributed by atoms with van der Waals surface area (Å²) in [6.45, 7) is 4.67. The maximum absolute atomic E-state index is 11.9. The third kappa shape index (κ3) is 4.54. The second-order valence-electron chi connectivity index (χ2n) is 4.68. The van der Waals surface area contributed by atoms with E-state index in [4.69, 9.17) is 4.42 Å². The molecule has 1 aromatic heterocycles. The largest absolute Gasteiger partial charge is 0.459 e. The van der Waals surface area contributed by atoms with Gasteiger partial charge in [0.25, 0.3) is 5.91 Å². The predicted molar refractivity (Wildman–Crippen MR) is 77.0 cm³/mol. The van der Waals surface area contributed by atoms with Gasteiger partial charge in [-0.2, -0.15) is 0 Å². The average molecular weight is 302 g/mol. The molecule has 1 atom stereocenters. The maximum Gasteiger partial charge on any atom is 0.286 e. The fraction of sp³-hybridized carbons (Fsp3) is 0.538. The molecule has 1 fully saturated rings. The highest BCUT2D eigenvalue weighted by molar-refractivity contribution is 5.91. The lowest BCUT2D eigenvalue weighted by atomic mass is 10.2. The Bertz CT molecular complexity index is 436. The number of halogens is 1. The zero-order chi connectivity index (χ0) is 13.7. The number of amides is 2. The van der Waals surface area contributed by atoms with Gasteiger partial charge < -0.3 is 20.0 Å². The molecule has 20 heavy (non-hydrogen) atoms. The molecule has 2 rings (SSSR count). The van der Waals surface area contributed by atoms with Crippen LogP contribution in [0.1, 0.15) is 23.9 Å². The summed E-state index contributed by atoms with van der Waals surface area (Å²) < 4.78 is 4.97. The van der Waals surface area contributed by atoms with Gasteiger partial charge in [0.15, 0.2) is 5.76 Å². The molecule has 0 spiro atoms. The van der Waals surface area contributed by atoms with Gasteiger partial charge in [0.05, 0.1) is 6.26 Å². The number of hydrogen-bond donors (Lipinski definition) is 2. The van der Waals surface area contributed by atoms with Crippen molar-refractivity contribution in [1.29, 1.82) is 0 Å². The van der Waals surface area contributed by atoms with Crippen LogP contribution in [-0.2, 0) is 4.79 Å². The van der Waals surface area contributed by atoms with Crippen molar-refractivity contribution in [3.63, 3.8) is 0 Å². The van der Waals surface area contributed by atoms with E-state index in [2.05, 4.69) is 17.6 Å². The van der Waals surface area contributed by atoms with Crippen LogP contribution in [0.3, 0.4) is 0 Å². The lowest BCUT2D eigenvalue weighted by Crippen LogP contribution is -2.51. The Morgan fingerprint density at radius 1 is 1.55 bits per heavy atom. The predicted octanol–water partition coefficient (Wildman–Crippen LogP) is 0.642. The normalized spacial score (nSPS) is 18.2. The van der Waals surface area contributed by atoms with Crippen molar-refractivity contribution >= 4 is 24.2 Å². The van der Waals surface area contributed by atoms with Gasteiger partial charge in [-0.05, 0) is 19.1 Å². The Morgan fingerprint density at radius 2 is 2.35 bits per heavy atom. The first-order valence-electron chi connectivity index (χ1n) is 6.49. The minimum absolute atomic E-state index is 0. The van der Waals surface area contributed by atoms with E-state index < -0.39 is 0 Å². The van der Waals surface area contributed by atoms with Crippen LogP contribution in [0, 0.1) is 0 Å². The molecule has 7 heteroatoms. The molecule has 2 amide bonds. The minimum atomic E-state index is -0.286. The van der Waals surface area contributed by atoms with Crippen molar-refractivity contribution in [2.75, 3.05) is 26.2 Å². The van der Waals surface area contributed by atoms with Crippen molar-refractivity contribution in [1.82, 2.24) is 15.5 Å². The highest BCUT2D eigenvalue weighted by Crippen LogP contribution is 2.02. The Hall–Kier alpha value is -1.53. The van der Waals surface area contributed by atoms with E-state index in [9.17, 15) is 9.59 Å². The van der Waals surface area contributed by atoms with Crippen LogP contribution < -0.4 is 10.6 Å². The SMILES string of the molecule is CC1CN(C(=O)CCNC(=O)c2ccco2)CCN1.Cl. The first kappa shape index (κ1) is 16.5. The number of rotatable bonds is 4. The summed E-state index contributed by atoms with van der Waals surface area (Å²) >= 11 is 0. The zero-order valence-electron chi connectivity index (χ0n) is 11.4. The van der Waals surface area contributed by atoms with E-state index in [1.54, 1.807) is 12.1 Å². The van der Waals surface area contributed by atoms with Crippen molar-refractivity contribution < 1.29 is 14.0 Å². The molecule has 0 saturated carbocycles. The van der Waals surface area contributed by atoms with Gasteiger partial charge in [0.1, 0.15) is 0 Å². The Morgan fingerprint density at radius 3 is 3.00 bits per heavy atom. The van der Waals surface area contributed by atoms with Gasteiger partial charge in [0.2, 0.25) is 5.91 Å². The molecule has 1 unspecified atom stereocenters. The van der Waals surface area contributed by atoms with E-state index >= 15 is 0 Å². The van der Waals surface area contributed by atoms with Gasteiger partial charge in [-0.25, -0.2) is 0 Å². The Labute approximate surface area is 124 Å². The molecule has 112 valence electrons. The van der Waals surface area contributed by atoms with Gasteiger partial charge in [0, 0.05) is 38.6 Å². The number of furan rings is 1. The summed E-state index contributed by atoms with van der Waals surface area (Å²) in [5, 5.41) is 5.95. The summed E-state index contributed by atoms with van der Waals surface area (Å²) in [7, 11) is 0. The van der Waals surface area contributed by atoms with Crippen molar-refractivity contribution in [3.8, 4) is 0 Å². The molecule has 2 heterocycles. The standard InChI is InChI=1S/C13H19N3O3.ClH/c1-10-9-16(7-6-14-10)12(17)4-5-15-13(18)11-3-2-8-19-11;/h2-3,8,10,14H,4-7,9H2,1H3,(H,15,18);1H. The van der Waals surface area contributed by atoms with Crippen LogP contribution in [0.2, 0.25) is 0 Å². The fourth-order valence-corrected chi connectivity index (χ4v) is 2.09. The smallest absolute Gasteiger partial charge is 0.286 e. The lowest BCUT2D eigenvalue weighted by Gasteiger charge is -2.32. The molecule has 1 saturated heterocycles. The van der Waals surface area contributed by atoms with E-state index in [0.29, 0.717) is 19.0 Å². The highest BCUT2D eigenvalue weighted by Gasteiger charge is 2.20. The van der Waals surface area contributed by atoms with Crippen LogP contribution in [0.4, 0.5) is 0 Å². The molecule has 2 N–H and O–H groups in total. The van der Waals surface area contributed by atoms with E-state index in [1.165, 1.54) is 6.26 Å². The summed E-state index contributed by atoms with van der Waals surface area (Å²) in [6, 6.07) is 3.58. The molecule has 0 radical (unpaired) electrons. The van der Waals surface area contributed by atoms with Crippen molar-refractivity contribution in [3.05, 3.63) is 24.2 Å². The van der Waals surface area contributed by atoms with E-state index in [0.717, 1.165) is 19.6 Å². The van der Waals surface area contributed by atoms with E-state index in [1.807, 2.05) is 4.90 Å². The number of hydrogen-bond acceptors (Lipinski definition) is 4. The summed E-state index contributed by atoms with van der Waals surface area (Å²) in [5.74, 6) is 0.0582. The molecule has 1 aliphatic heterocycles. The van der Waals surface area contributed by atoms with Gasteiger partial charge >= 0.3 is 0 Å². The third-order valence-electron chi connectivity index (χ3n) is 3.09. The van der Waals surface area contributed by atoms with Gasteiger partial charge in [-0.15, -0.1) is 12.4 Å². The quantitative estimate of drug-likeness (QED) is 0.856. The zero-order valence-corrected chi connectivity index (χ0v) is 12.2.